The first-order valence-corrected chi connectivity index (χ1v) is 6.45. The number of ether oxygens (including phenoxy) is 1. The second-order valence-corrected chi connectivity index (χ2v) is 4.70. The van der Waals surface area contributed by atoms with E-state index in [9.17, 15) is 4.21 Å². The Hall–Kier alpha value is 0.0700. The van der Waals surface area contributed by atoms with Gasteiger partial charge in [-0.2, -0.15) is 0 Å². The van der Waals surface area contributed by atoms with Crippen molar-refractivity contribution in [2.24, 2.45) is 0 Å². The van der Waals surface area contributed by atoms with E-state index in [4.69, 9.17) is 4.74 Å². The fraction of sp³-hybridized carbons (Fsp3) is 1.00. The molecule has 13 heavy (non-hydrogen) atoms. The highest BCUT2D eigenvalue weighted by Gasteiger charge is 2.03. The monoisotopic (exact) mass is 207 g/mol. The molecule has 3 nitrogen and oxygen atoms in total. The molecule has 0 aliphatic heterocycles. The second-order valence-electron chi connectivity index (χ2n) is 3.15. The Morgan fingerprint density at radius 2 is 2.23 bits per heavy atom. The van der Waals surface area contributed by atoms with Gasteiger partial charge in [0.05, 0.1) is 6.61 Å². The maximum atomic E-state index is 10.7. The van der Waals surface area contributed by atoms with Crippen LogP contribution >= 0.6 is 0 Å². The van der Waals surface area contributed by atoms with E-state index in [1.54, 1.807) is 13.4 Å². The van der Waals surface area contributed by atoms with Crippen LogP contribution in [0.2, 0.25) is 0 Å². The van der Waals surface area contributed by atoms with Crippen LogP contribution in [-0.4, -0.2) is 42.5 Å². The summed E-state index contributed by atoms with van der Waals surface area (Å²) in [5.74, 6) is 0.788. The fourth-order valence-electron chi connectivity index (χ4n) is 1.10. The van der Waals surface area contributed by atoms with Gasteiger partial charge in [0.2, 0.25) is 0 Å². The molecule has 80 valence electrons. The molecule has 0 heterocycles. The molecule has 0 amide bonds. The summed E-state index contributed by atoms with van der Waals surface area (Å²) >= 11 is 0. The molecule has 0 spiro atoms. The van der Waals surface area contributed by atoms with Gasteiger partial charge < -0.3 is 10.1 Å². The second kappa shape index (κ2) is 8.66. The summed E-state index contributed by atoms with van der Waals surface area (Å²) in [7, 11) is 1.06. The zero-order chi connectivity index (χ0) is 10.1. The quantitative estimate of drug-likeness (QED) is 0.598. The number of nitrogens with one attached hydrogen (secondary N) is 1. The molecule has 0 saturated heterocycles. The number of hydrogen-bond donors (Lipinski definition) is 1. The third-order valence-electron chi connectivity index (χ3n) is 1.90. The lowest BCUT2D eigenvalue weighted by molar-refractivity contribution is 0.164. The molecular formula is C9H21NO2S. The lowest BCUT2D eigenvalue weighted by atomic mass is 10.2. The Balaban J connectivity index is 3.32. The minimum Gasteiger partial charge on any atom is -0.383 e. The van der Waals surface area contributed by atoms with Gasteiger partial charge in [0.15, 0.2) is 0 Å². The first-order chi connectivity index (χ1) is 6.20. The van der Waals surface area contributed by atoms with Gasteiger partial charge in [-0.3, -0.25) is 4.21 Å². The van der Waals surface area contributed by atoms with Gasteiger partial charge in [0.25, 0.3) is 0 Å². The Morgan fingerprint density at radius 3 is 2.69 bits per heavy atom. The molecule has 0 fully saturated rings. The van der Waals surface area contributed by atoms with Crippen molar-refractivity contribution in [2.45, 2.75) is 25.8 Å². The van der Waals surface area contributed by atoms with E-state index in [2.05, 4.69) is 12.2 Å². The summed E-state index contributed by atoms with van der Waals surface area (Å²) in [5.41, 5.74) is 0. The van der Waals surface area contributed by atoms with Gasteiger partial charge in [-0.05, 0) is 19.4 Å². The molecule has 2 unspecified atom stereocenters. The van der Waals surface area contributed by atoms with Gasteiger partial charge in [-0.1, -0.05) is 6.92 Å². The maximum absolute atomic E-state index is 10.7. The van der Waals surface area contributed by atoms with E-state index in [1.165, 1.54) is 0 Å². The minimum atomic E-state index is -0.657. The normalized spacial score (nSPS) is 15.6. The van der Waals surface area contributed by atoms with Crippen LogP contribution in [-0.2, 0) is 15.5 Å². The molecule has 0 bridgehead atoms. The maximum Gasteiger partial charge on any atom is 0.0615 e. The Bertz CT molecular complexity index is 142. The lowest BCUT2D eigenvalue weighted by Gasteiger charge is -2.15. The van der Waals surface area contributed by atoms with Crippen molar-refractivity contribution in [3.63, 3.8) is 0 Å². The molecule has 0 aromatic heterocycles. The van der Waals surface area contributed by atoms with E-state index in [1.807, 2.05) is 0 Å². The van der Waals surface area contributed by atoms with Crippen molar-refractivity contribution < 1.29 is 8.95 Å². The Morgan fingerprint density at radius 1 is 1.54 bits per heavy atom. The first kappa shape index (κ1) is 13.1. The van der Waals surface area contributed by atoms with Gasteiger partial charge in [-0.15, -0.1) is 0 Å². The summed E-state index contributed by atoms with van der Waals surface area (Å²) in [6.07, 6.45) is 3.79. The molecule has 2 atom stereocenters. The molecule has 0 radical (unpaired) electrons. The van der Waals surface area contributed by atoms with Crippen LogP contribution in [0.5, 0.6) is 0 Å². The van der Waals surface area contributed by atoms with Gasteiger partial charge in [-0.25, -0.2) is 0 Å². The van der Waals surface area contributed by atoms with Crippen molar-refractivity contribution in [2.75, 3.05) is 32.3 Å². The largest absolute Gasteiger partial charge is 0.383 e. The smallest absolute Gasteiger partial charge is 0.0615 e. The van der Waals surface area contributed by atoms with Crippen molar-refractivity contribution in [3.8, 4) is 0 Å². The third-order valence-corrected chi connectivity index (χ3v) is 2.77. The molecular weight excluding hydrogens is 186 g/mol. The molecule has 0 saturated carbocycles. The van der Waals surface area contributed by atoms with Crippen molar-refractivity contribution >= 4 is 10.8 Å². The van der Waals surface area contributed by atoms with Crippen LogP contribution in [0.25, 0.3) is 0 Å². The van der Waals surface area contributed by atoms with Crippen LogP contribution in [0.15, 0.2) is 0 Å². The van der Waals surface area contributed by atoms with Crippen LogP contribution in [0, 0.1) is 0 Å². The average molecular weight is 207 g/mol. The first-order valence-electron chi connectivity index (χ1n) is 4.73. The van der Waals surface area contributed by atoms with Gasteiger partial charge in [0.1, 0.15) is 0 Å². The van der Waals surface area contributed by atoms with E-state index in [0.717, 1.165) is 31.7 Å². The summed E-state index contributed by atoms with van der Waals surface area (Å²) in [6.45, 7) is 3.82. The molecule has 0 aromatic carbocycles. The Kier molecular flexibility index (Phi) is 8.71. The lowest BCUT2D eigenvalue weighted by Crippen LogP contribution is -2.33. The van der Waals surface area contributed by atoms with Crippen LogP contribution in [0.1, 0.15) is 19.8 Å². The molecule has 4 heteroatoms. The molecule has 0 aliphatic rings. The summed E-state index contributed by atoms with van der Waals surface area (Å²) in [6, 6.07) is 0.440. The van der Waals surface area contributed by atoms with Crippen molar-refractivity contribution in [3.05, 3.63) is 0 Å². The molecule has 0 rings (SSSR count). The van der Waals surface area contributed by atoms with Crippen LogP contribution in [0.3, 0.4) is 0 Å². The zero-order valence-corrected chi connectivity index (χ0v) is 9.65. The fourth-order valence-corrected chi connectivity index (χ4v) is 1.65. The predicted octanol–water partition coefficient (Wildman–Crippen LogP) is 0.770. The third kappa shape index (κ3) is 8.40. The Labute approximate surface area is 83.7 Å². The highest BCUT2D eigenvalue weighted by Crippen LogP contribution is 1.92. The molecule has 1 N–H and O–H groups in total. The highest BCUT2D eigenvalue weighted by atomic mass is 32.2. The standard InChI is InChI=1S/C9H21NO2S/c1-4-9(8-12-2)10-6-5-7-13(3)11/h9-10H,4-8H2,1-3H3. The van der Waals surface area contributed by atoms with Crippen molar-refractivity contribution in [1.29, 1.82) is 0 Å². The van der Waals surface area contributed by atoms with Crippen molar-refractivity contribution in [1.82, 2.24) is 5.32 Å². The van der Waals surface area contributed by atoms with E-state index in [-0.39, 0.29) is 0 Å². The average Bonchev–Trinajstić information content (AvgIpc) is 2.10. The topological polar surface area (TPSA) is 38.3 Å². The van der Waals surface area contributed by atoms with Gasteiger partial charge >= 0.3 is 0 Å². The van der Waals surface area contributed by atoms with Crippen LogP contribution < -0.4 is 5.32 Å². The van der Waals surface area contributed by atoms with E-state index >= 15 is 0 Å². The number of hydrogen-bond acceptors (Lipinski definition) is 3. The van der Waals surface area contributed by atoms with Gasteiger partial charge in [0, 0.05) is 36.0 Å². The summed E-state index contributed by atoms with van der Waals surface area (Å²) < 4.78 is 15.8. The van der Waals surface area contributed by atoms with Crippen LogP contribution in [0.4, 0.5) is 0 Å². The SMILES string of the molecule is CCC(COC)NCCCS(C)=O. The zero-order valence-electron chi connectivity index (χ0n) is 8.84. The van der Waals surface area contributed by atoms with E-state index in [0.29, 0.717) is 6.04 Å². The van der Waals surface area contributed by atoms with E-state index < -0.39 is 10.8 Å². The molecule has 0 aromatic rings. The minimum absolute atomic E-state index is 0.440. The highest BCUT2D eigenvalue weighted by molar-refractivity contribution is 7.84. The predicted molar refractivity (Wildman–Crippen MR) is 57.5 cm³/mol. The summed E-state index contributed by atoms with van der Waals surface area (Å²) in [5, 5.41) is 3.37. The number of rotatable bonds is 8. The molecule has 0 aliphatic carbocycles. The summed E-state index contributed by atoms with van der Waals surface area (Å²) in [4.78, 5) is 0. The number of methoxy groups -OCH3 is 1.